The van der Waals surface area contributed by atoms with E-state index in [0.717, 1.165) is 27.9 Å². The minimum atomic E-state index is 0.649. The Hall–Kier alpha value is -2.75. The Morgan fingerprint density at radius 3 is 2.80 bits per heavy atom. The van der Waals surface area contributed by atoms with E-state index in [-0.39, 0.29) is 0 Å². The highest BCUT2D eigenvalue weighted by molar-refractivity contribution is 5.95. The van der Waals surface area contributed by atoms with Crippen molar-refractivity contribution in [2.45, 2.75) is 0 Å². The zero-order valence-corrected chi connectivity index (χ0v) is 11.1. The normalized spacial score (nSPS) is 10.4. The maximum atomic E-state index is 6.03. The second-order valence-electron chi connectivity index (χ2n) is 4.48. The number of hydrogen-bond donors (Lipinski definition) is 2. The van der Waals surface area contributed by atoms with E-state index in [1.54, 1.807) is 19.4 Å². The second-order valence-corrected chi connectivity index (χ2v) is 4.48. The summed E-state index contributed by atoms with van der Waals surface area (Å²) in [5, 5.41) is 5.55. The van der Waals surface area contributed by atoms with Crippen LogP contribution in [-0.2, 0) is 0 Å². The van der Waals surface area contributed by atoms with Crippen molar-refractivity contribution in [2.24, 2.45) is 0 Å². The zero-order valence-electron chi connectivity index (χ0n) is 11.1. The Morgan fingerprint density at radius 2 is 2.00 bits per heavy atom. The van der Waals surface area contributed by atoms with E-state index in [0.29, 0.717) is 5.69 Å². The average molecular weight is 265 g/mol. The minimum Gasteiger partial charge on any atom is -0.497 e. The SMILES string of the molecule is COc1ccc(Nc2cccc3cnccc23)c(N)c1. The fourth-order valence-electron chi connectivity index (χ4n) is 2.16. The van der Waals surface area contributed by atoms with E-state index < -0.39 is 0 Å². The first-order chi connectivity index (χ1) is 9.78. The van der Waals surface area contributed by atoms with Crippen LogP contribution in [0.4, 0.5) is 17.1 Å². The van der Waals surface area contributed by atoms with Crippen LogP contribution in [0.2, 0.25) is 0 Å². The summed E-state index contributed by atoms with van der Waals surface area (Å²) < 4.78 is 5.15. The second kappa shape index (κ2) is 5.09. The Morgan fingerprint density at radius 1 is 1.10 bits per heavy atom. The number of rotatable bonds is 3. The van der Waals surface area contributed by atoms with E-state index in [1.165, 1.54) is 0 Å². The van der Waals surface area contributed by atoms with Gasteiger partial charge in [-0.25, -0.2) is 0 Å². The maximum absolute atomic E-state index is 6.03. The summed E-state index contributed by atoms with van der Waals surface area (Å²) in [5.74, 6) is 0.746. The molecule has 3 aromatic rings. The summed E-state index contributed by atoms with van der Waals surface area (Å²) >= 11 is 0. The van der Waals surface area contributed by atoms with Crippen molar-refractivity contribution in [3.63, 3.8) is 0 Å². The van der Waals surface area contributed by atoms with Crippen molar-refractivity contribution >= 4 is 27.8 Å². The van der Waals surface area contributed by atoms with Gasteiger partial charge in [0.15, 0.2) is 0 Å². The molecule has 0 spiro atoms. The lowest BCUT2D eigenvalue weighted by Crippen LogP contribution is -1.97. The fourth-order valence-corrected chi connectivity index (χ4v) is 2.16. The molecule has 0 aliphatic heterocycles. The number of benzene rings is 2. The molecule has 20 heavy (non-hydrogen) atoms. The van der Waals surface area contributed by atoms with Gasteiger partial charge in [-0.15, -0.1) is 0 Å². The topological polar surface area (TPSA) is 60.2 Å². The lowest BCUT2D eigenvalue weighted by molar-refractivity contribution is 0.415. The van der Waals surface area contributed by atoms with Crippen LogP contribution in [0.5, 0.6) is 5.75 Å². The van der Waals surface area contributed by atoms with Crippen molar-refractivity contribution in [1.82, 2.24) is 4.98 Å². The molecule has 0 fully saturated rings. The minimum absolute atomic E-state index is 0.649. The predicted octanol–water partition coefficient (Wildman–Crippen LogP) is 3.57. The van der Waals surface area contributed by atoms with Gasteiger partial charge in [0.1, 0.15) is 5.75 Å². The monoisotopic (exact) mass is 265 g/mol. The molecule has 0 aliphatic carbocycles. The molecule has 0 radical (unpaired) electrons. The molecule has 4 heteroatoms. The van der Waals surface area contributed by atoms with E-state index in [2.05, 4.69) is 10.3 Å². The van der Waals surface area contributed by atoms with Gasteiger partial charge in [-0.2, -0.15) is 0 Å². The summed E-state index contributed by atoms with van der Waals surface area (Å²) in [6.07, 6.45) is 3.63. The van der Waals surface area contributed by atoms with Crippen LogP contribution >= 0.6 is 0 Å². The van der Waals surface area contributed by atoms with Gasteiger partial charge in [0, 0.05) is 34.9 Å². The molecule has 0 atom stereocenters. The molecule has 1 heterocycles. The number of fused-ring (bicyclic) bond motifs is 1. The van der Waals surface area contributed by atoms with E-state index in [1.807, 2.05) is 42.6 Å². The van der Waals surface area contributed by atoms with Crippen molar-refractivity contribution in [3.8, 4) is 5.75 Å². The Kier molecular flexibility index (Phi) is 3.13. The number of hydrogen-bond acceptors (Lipinski definition) is 4. The van der Waals surface area contributed by atoms with Gasteiger partial charge in [-0.1, -0.05) is 12.1 Å². The zero-order chi connectivity index (χ0) is 13.9. The summed E-state index contributed by atoms with van der Waals surface area (Å²) in [7, 11) is 1.62. The molecule has 4 nitrogen and oxygen atoms in total. The quantitative estimate of drug-likeness (QED) is 0.711. The Balaban J connectivity index is 2.01. The first kappa shape index (κ1) is 12.3. The highest BCUT2D eigenvalue weighted by Crippen LogP contribution is 2.30. The van der Waals surface area contributed by atoms with Crippen LogP contribution in [-0.4, -0.2) is 12.1 Å². The number of nitrogens with one attached hydrogen (secondary N) is 1. The lowest BCUT2D eigenvalue weighted by atomic mass is 10.1. The van der Waals surface area contributed by atoms with Crippen LogP contribution in [0.3, 0.4) is 0 Å². The Labute approximate surface area is 117 Å². The number of aromatic nitrogens is 1. The molecule has 0 bridgehead atoms. The number of ether oxygens (including phenoxy) is 1. The number of methoxy groups -OCH3 is 1. The first-order valence-electron chi connectivity index (χ1n) is 6.31. The molecule has 3 N–H and O–H groups in total. The number of nitrogen functional groups attached to an aromatic ring is 1. The largest absolute Gasteiger partial charge is 0.497 e. The average Bonchev–Trinajstić information content (AvgIpc) is 2.49. The predicted molar refractivity (Wildman–Crippen MR) is 82.4 cm³/mol. The third kappa shape index (κ3) is 2.23. The van der Waals surface area contributed by atoms with Crippen molar-refractivity contribution in [2.75, 3.05) is 18.2 Å². The summed E-state index contributed by atoms with van der Waals surface area (Å²) in [6.45, 7) is 0. The van der Waals surface area contributed by atoms with Crippen LogP contribution < -0.4 is 15.8 Å². The standard InChI is InChI=1S/C16H15N3O/c1-20-12-5-6-16(14(17)9-12)19-15-4-2-3-11-10-18-8-7-13(11)15/h2-10,19H,17H2,1H3. The molecule has 0 saturated carbocycles. The van der Waals surface area contributed by atoms with Crippen LogP contribution in [0.25, 0.3) is 10.8 Å². The van der Waals surface area contributed by atoms with Gasteiger partial charge in [0.2, 0.25) is 0 Å². The third-order valence-electron chi connectivity index (χ3n) is 3.21. The van der Waals surface area contributed by atoms with Crippen molar-refractivity contribution in [1.29, 1.82) is 0 Å². The molecule has 3 rings (SSSR count). The molecule has 0 aliphatic rings. The maximum Gasteiger partial charge on any atom is 0.121 e. The number of anilines is 3. The van der Waals surface area contributed by atoms with Gasteiger partial charge in [0.05, 0.1) is 18.5 Å². The summed E-state index contributed by atoms with van der Waals surface area (Å²) in [5.41, 5.74) is 8.54. The molecule has 0 unspecified atom stereocenters. The number of nitrogens with two attached hydrogens (primary N) is 1. The summed E-state index contributed by atoms with van der Waals surface area (Å²) in [4.78, 5) is 4.13. The number of nitrogens with zero attached hydrogens (tertiary/aromatic N) is 1. The van der Waals surface area contributed by atoms with Crippen molar-refractivity contribution in [3.05, 3.63) is 54.9 Å². The highest BCUT2D eigenvalue weighted by atomic mass is 16.5. The van der Waals surface area contributed by atoms with E-state index in [9.17, 15) is 0 Å². The molecular weight excluding hydrogens is 250 g/mol. The molecule has 100 valence electrons. The summed E-state index contributed by atoms with van der Waals surface area (Å²) in [6, 6.07) is 13.6. The first-order valence-corrected chi connectivity index (χ1v) is 6.31. The van der Waals surface area contributed by atoms with Crippen molar-refractivity contribution < 1.29 is 4.74 Å². The lowest BCUT2D eigenvalue weighted by Gasteiger charge is -2.12. The fraction of sp³-hybridized carbons (Fsp3) is 0.0625. The van der Waals surface area contributed by atoms with Gasteiger partial charge < -0.3 is 15.8 Å². The molecule has 2 aromatic carbocycles. The van der Waals surface area contributed by atoms with Gasteiger partial charge >= 0.3 is 0 Å². The molecular formula is C16H15N3O. The number of pyridine rings is 1. The van der Waals surface area contributed by atoms with Gasteiger partial charge in [-0.3, -0.25) is 4.98 Å². The third-order valence-corrected chi connectivity index (χ3v) is 3.21. The van der Waals surface area contributed by atoms with Gasteiger partial charge in [-0.05, 0) is 24.3 Å². The van der Waals surface area contributed by atoms with E-state index >= 15 is 0 Å². The molecule has 1 aromatic heterocycles. The molecule has 0 saturated heterocycles. The Bertz CT molecular complexity index is 750. The molecule has 0 amide bonds. The van der Waals surface area contributed by atoms with Crippen LogP contribution in [0.1, 0.15) is 0 Å². The smallest absolute Gasteiger partial charge is 0.121 e. The highest BCUT2D eigenvalue weighted by Gasteiger charge is 2.04. The van der Waals surface area contributed by atoms with Crippen LogP contribution in [0.15, 0.2) is 54.9 Å². The van der Waals surface area contributed by atoms with Crippen LogP contribution in [0, 0.1) is 0 Å². The van der Waals surface area contributed by atoms with E-state index in [4.69, 9.17) is 10.5 Å². The van der Waals surface area contributed by atoms with Gasteiger partial charge in [0.25, 0.3) is 0 Å².